The van der Waals surface area contributed by atoms with Gasteiger partial charge in [-0.15, -0.1) is 6.42 Å². The first-order valence-corrected chi connectivity index (χ1v) is 5.68. The SMILES string of the molecule is C#Cc1cccc(OCC(=O)N(CC)CC)c1. The van der Waals surface area contributed by atoms with E-state index in [2.05, 4.69) is 5.92 Å². The fourth-order valence-corrected chi connectivity index (χ4v) is 1.49. The molecule has 1 aromatic rings. The van der Waals surface area contributed by atoms with E-state index >= 15 is 0 Å². The Kier molecular flexibility index (Phi) is 5.09. The highest BCUT2D eigenvalue weighted by Gasteiger charge is 2.09. The number of amides is 1. The summed E-state index contributed by atoms with van der Waals surface area (Å²) in [5.41, 5.74) is 0.748. The average Bonchev–Trinajstić information content (AvgIpc) is 2.38. The van der Waals surface area contributed by atoms with E-state index in [0.29, 0.717) is 18.8 Å². The number of hydrogen-bond donors (Lipinski definition) is 0. The number of carbonyl (C=O) groups excluding carboxylic acids is 1. The van der Waals surface area contributed by atoms with Crippen molar-refractivity contribution in [3.05, 3.63) is 29.8 Å². The Morgan fingerprint density at radius 1 is 1.41 bits per heavy atom. The molecule has 0 fully saturated rings. The van der Waals surface area contributed by atoms with Gasteiger partial charge in [0, 0.05) is 18.7 Å². The quantitative estimate of drug-likeness (QED) is 0.724. The number of ether oxygens (including phenoxy) is 1. The van der Waals surface area contributed by atoms with Crippen LogP contribution in [0.5, 0.6) is 5.75 Å². The first-order chi connectivity index (χ1) is 8.21. The van der Waals surface area contributed by atoms with Crippen LogP contribution in [0.25, 0.3) is 0 Å². The highest BCUT2D eigenvalue weighted by Crippen LogP contribution is 2.12. The summed E-state index contributed by atoms with van der Waals surface area (Å²) in [7, 11) is 0. The molecule has 17 heavy (non-hydrogen) atoms. The molecule has 0 aromatic heterocycles. The van der Waals surface area contributed by atoms with Crippen molar-refractivity contribution >= 4 is 5.91 Å². The van der Waals surface area contributed by atoms with Crippen LogP contribution >= 0.6 is 0 Å². The number of benzene rings is 1. The maximum atomic E-state index is 11.7. The Labute approximate surface area is 102 Å². The average molecular weight is 231 g/mol. The summed E-state index contributed by atoms with van der Waals surface area (Å²) in [5.74, 6) is 3.14. The summed E-state index contributed by atoms with van der Waals surface area (Å²) in [6.07, 6.45) is 5.29. The fraction of sp³-hybridized carbons (Fsp3) is 0.357. The molecule has 0 atom stereocenters. The minimum Gasteiger partial charge on any atom is -0.484 e. The monoisotopic (exact) mass is 231 g/mol. The fourth-order valence-electron chi connectivity index (χ4n) is 1.49. The summed E-state index contributed by atoms with van der Waals surface area (Å²) in [5, 5.41) is 0. The molecule has 1 amide bonds. The van der Waals surface area contributed by atoms with Crippen molar-refractivity contribution in [1.82, 2.24) is 4.90 Å². The topological polar surface area (TPSA) is 29.5 Å². The van der Waals surface area contributed by atoms with E-state index < -0.39 is 0 Å². The van der Waals surface area contributed by atoms with Gasteiger partial charge in [-0.1, -0.05) is 12.0 Å². The third-order valence-electron chi connectivity index (χ3n) is 2.48. The zero-order valence-corrected chi connectivity index (χ0v) is 10.3. The van der Waals surface area contributed by atoms with E-state index in [9.17, 15) is 4.79 Å². The van der Waals surface area contributed by atoms with Gasteiger partial charge in [0.05, 0.1) is 0 Å². The van der Waals surface area contributed by atoms with Crippen LogP contribution < -0.4 is 4.74 Å². The molecule has 0 saturated carbocycles. The van der Waals surface area contributed by atoms with Gasteiger partial charge in [-0.3, -0.25) is 4.79 Å². The van der Waals surface area contributed by atoms with Gasteiger partial charge < -0.3 is 9.64 Å². The lowest BCUT2D eigenvalue weighted by molar-refractivity contribution is -0.132. The zero-order chi connectivity index (χ0) is 12.7. The van der Waals surface area contributed by atoms with Crippen molar-refractivity contribution in [3.8, 4) is 18.1 Å². The van der Waals surface area contributed by atoms with Crippen LogP contribution in [0.15, 0.2) is 24.3 Å². The second-order valence-electron chi connectivity index (χ2n) is 3.53. The lowest BCUT2D eigenvalue weighted by Crippen LogP contribution is -2.34. The van der Waals surface area contributed by atoms with E-state index in [-0.39, 0.29) is 12.5 Å². The molecule has 1 rings (SSSR count). The maximum Gasteiger partial charge on any atom is 0.260 e. The second kappa shape index (κ2) is 6.59. The van der Waals surface area contributed by atoms with Crippen molar-refractivity contribution in [2.24, 2.45) is 0 Å². The smallest absolute Gasteiger partial charge is 0.260 e. The van der Waals surface area contributed by atoms with E-state index in [1.54, 1.807) is 17.0 Å². The van der Waals surface area contributed by atoms with Crippen LogP contribution in [0.2, 0.25) is 0 Å². The van der Waals surface area contributed by atoms with Crippen LogP contribution in [-0.2, 0) is 4.79 Å². The molecular weight excluding hydrogens is 214 g/mol. The molecule has 90 valence electrons. The van der Waals surface area contributed by atoms with Gasteiger partial charge >= 0.3 is 0 Å². The Balaban J connectivity index is 2.55. The maximum absolute atomic E-state index is 11.7. The number of rotatable bonds is 5. The van der Waals surface area contributed by atoms with Gasteiger partial charge in [0.1, 0.15) is 5.75 Å². The summed E-state index contributed by atoms with van der Waals surface area (Å²) in [6, 6.07) is 7.16. The first kappa shape index (κ1) is 13.1. The van der Waals surface area contributed by atoms with Crippen molar-refractivity contribution in [1.29, 1.82) is 0 Å². The molecule has 0 spiro atoms. The first-order valence-electron chi connectivity index (χ1n) is 5.68. The lowest BCUT2D eigenvalue weighted by atomic mass is 10.2. The van der Waals surface area contributed by atoms with Gasteiger partial charge in [-0.2, -0.15) is 0 Å². The van der Waals surface area contributed by atoms with Gasteiger partial charge in [0.15, 0.2) is 6.61 Å². The highest BCUT2D eigenvalue weighted by molar-refractivity contribution is 5.77. The Bertz CT molecular complexity index is 416. The van der Waals surface area contributed by atoms with Crippen LogP contribution in [0.4, 0.5) is 0 Å². The Morgan fingerprint density at radius 2 is 2.12 bits per heavy atom. The van der Waals surface area contributed by atoms with Crippen LogP contribution in [0, 0.1) is 12.3 Å². The minimum absolute atomic E-state index is 0.0129. The predicted octanol–water partition coefficient (Wildman–Crippen LogP) is 1.92. The Hall–Kier alpha value is -1.95. The van der Waals surface area contributed by atoms with E-state index in [1.807, 2.05) is 26.0 Å². The third kappa shape index (κ3) is 3.84. The number of hydrogen-bond acceptors (Lipinski definition) is 2. The summed E-state index contributed by atoms with van der Waals surface area (Å²) < 4.78 is 5.41. The molecule has 0 N–H and O–H groups in total. The van der Waals surface area contributed by atoms with Gasteiger partial charge in [0.25, 0.3) is 5.91 Å². The van der Waals surface area contributed by atoms with E-state index in [4.69, 9.17) is 11.2 Å². The van der Waals surface area contributed by atoms with Crippen molar-refractivity contribution in [2.45, 2.75) is 13.8 Å². The molecule has 0 aliphatic carbocycles. The third-order valence-corrected chi connectivity index (χ3v) is 2.48. The van der Waals surface area contributed by atoms with Crippen LogP contribution in [0.1, 0.15) is 19.4 Å². The standard InChI is InChI=1S/C14H17NO2/c1-4-12-8-7-9-13(10-12)17-11-14(16)15(5-2)6-3/h1,7-10H,5-6,11H2,2-3H3. The summed E-state index contributed by atoms with van der Waals surface area (Å²) in [6.45, 7) is 5.34. The Morgan fingerprint density at radius 3 is 2.71 bits per heavy atom. The zero-order valence-electron chi connectivity index (χ0n) is 10.3. The highest BCUT2D eigenvalue weighted by atomic mass is 16.5. The molecule has 3 nitrogen and oxygen atoms in total. The number of carbonyl (C=O) groups is 1. The summed E-state index contributed by atoms with van der Waals surface area (Å²) in [4.78, 5) is 13.4. The number of likely N-dealkylation sites (N-methyl/N-ethyl adjacent to an activating group) is 1. The van der Waals surface area contributed by atoms with Crippen molar-refractivity contribution < 1.29 is 9.53 Å². The van der Waals surface area contributed by atoms with Crippen LogP contribution in [-0.4, -0.2) is 30.5 Å². The number of nitrogens with zero attached hydrogens (tertiary/aromatic N) is 1. The van der Waals surface area contributed by atoms with Crippen LogP contribution in [0.3, 0.4) is 0 Å². The van der Waals surface area contributed by atoms with E-state index in [0.717, 1.165) is 5.56 Å². The molecular formula is C14H17NO2. The lowest BCUT2D eigenvalue weighted by Gasteiger charge is -2.18. The molecule has 0 radical (unpaired) electrons. The summed E-state index contributed by atoms with van der Waals surface area (Å²) >= 11 is 0. The molecule has 0 bridgehead atoms. The van der Waals surface area contributed by atoms with Gasteiger partial charge in [-0.25, -0.2) is 0 Å². The number of terminal acetylenes is 1. The van der Waals surface area contributed by atoms with Gasteiger partial charge in [-0.05, 0) is 32.0 Å². The minimum atomic E-state index is -0.0129. The van der Waals surface area contributed by atoms with Crippen molar-refractivity contribution in [3.63, 3.8) is 0 Å². The second-order valence-corrected chi connectivity index (χ2v) is 3.53. The molecule has 0 heterocycles. The molecule has 0 saturated heterocycles. The predicted molar refractivity (Wildman–Crippen MR) is 67.8 cm³/mol. The largest absolute Gasteiger partial charge is 0.484 e. The van der Waals surface area contributed by atoms with Crippen molar-refractivity contribution in [2.75, 3.05) is 19.7 Å². The molecule has 1 aromatic carbocycles. The molecule has 0 unspecified atom stereocenters. The van der Waals surface area contributed by atoms with Gasteiger partial charge in [0.2, 0.25) is 0 Å². The molecule has 3 heteroatoms. The normalized spacial score (nSPS) is 9.47. The molecule has 0 aliphatic rings. The van der Waals surface area contributed by atoms with E-state index in [1.165, 1.54) is 0 Å². The molecule has 0 aliphatic heterocycles.